The van der Waals surface area contributed by atoms with E-state index < -0.39 is 14.6 Å². The van der Waals surface area contributed by atoms with Gasteiger partial charge in [0.25, 0.3) is 0 Å². The Balaban J connectivity index is 2.79. The molecule has 0 aromatic heterocycles. The van der Waals surface area contributed by atoms with Crippen molar-refractivity contribution in [2.24, 2.45) is 0 Å². The minimum absolute atomic E-state index is 0.0502. The van der Waals surface area contributed by atoms with E-state index in [1.165, 1.54) is 6.26 Å². The smallest absolute Gasteiger partial charge is 0.153 e. The van der Waals surface area contributed by atoms with Crippen LogP contribution in [0.2, 0.25) is 10.0 Å². The molecule has 0 aliphatic carbocycles. The second kappa shape index (κ2) is 6.00. The fraction of sp³-hybridized carbons (Fsp3) is 0.538. The van der Waals surface area contributed by atoms with E-state index in [1.807, 2.05) is 13.0 Å². The van der Waals surface area contributed by atoms with Crippen molar-refractivity contribution in [1.82, 2.24) is 5.32 Å². The van der Waals surface area contributed by atoms with E-state index in [4.69, 9.17) is 23.2 Å². The quantitative estimate of drug-likeness (QED) is 0.902. The van der Waals surface area contributed by atoms with Crippen molar-refractivity contribution >= 4 is 33.0 Å². The first-order valence-electron chi connectivity index (χ1n) is 5.92. The second-order valence-electron chi connectivity index (χ2n) is 5.30. The molecule has 19 heavy (non-hydrogen) atoms. The lowest BCUT2D eigenvalue weighted by atomic mass is 10.1. The molecule has 0 amide bonds. The van der Waals surface area contributed by atoms with Gasteiger partial charge < -0.3 is 5.32 Å². The molecule has 1 aromatic carbocycles. The molecule has 0 saturated heterocycles. The van der Waals surface area contributed by atoms with Gasteiger partial charge in [-0.2, -0.15) is 0 Å². The van der Waals surface area contributed by atoms with Gasteiger partial charge in [0.05, 0.1) is 4.75 Å². The largest absolute Gasteiger partial charge is 0.309 e. The Bertz CT molecular complexity index is 556. The number of nitrogens with one attached hydrogen (secondary N) is 1. The molecule has 108 valence electrons. The van der Waals surface area contributed by atoms with Crippen LogP contribution in [0.3, 0.4) is 0 Å². The lowest BCUT2D eigenvalue weighted by Gasteiger charge is -2.26. The van der Waals surface area contributed by atoms with Crippen molar-refractivity contribution in [3.05, 3.63) is 33.8 Å². The molecule has 3 nitrogen and oxygen atoms in total. The van der Waals surface area contributed by atoms with E-state index in [1.54, 1.807) is 26.0 Å². The van der Waals surface area contributed by atoms with Crippen molar-refractivity contribution in [2.45, 2.75) is 31.6 Å². The molecule has 0 radical (unpaired) electrons. The number of hydrogen-bond acceptors (Lipinski definition) is 3. The van der Waals surface area contributed by atoms with E-state index >= 15 is 0 Å². The molecule has 0 aliphatic rings. The van der Waals surface area contributed by atoms with Crippen LogP contribution in [-0.2, 0) is 9.84 Å². The Morgan fingerprint density at radius 2 is 1.89 bits per heavy atom. The minimum Gasteiger partial charge on any atom is -0.309 e. The summed E-state index contributed by atoms with van der Waals surface area (Å²) < 4.78 is 22.4. The highest BCUT2D eigenvalue weighted by molar-refractivity contribution is 7.92. The maximum absolute atomic E-state index is 11.6. The van der Waals surface area contributed by atoms with E-state index in [2.05, 4.69) is 5.32 Å². The standard InChI is InChI=1S/C13H19Cl2NO2S/c1-9(11-6-5-10(14)7-12(11)15)16-8-13(2,3)19(4,17)18/h5-7,9,16H,8H2,1-4H3. The van der Waals surface area contributed by atoms with Gasteiger partial charge in [0.15, 0.2) is 9.84 Å². The van der Waals surface area contributed by atoms with E-state index in [0.29, 0.717) is 16.6 Å². The van der Waals surface area contributed by atoms with Crippen LogP contribution in [-0.4, -0.2) is 26.0 Å². The fourth-order valence-corrected chi connectivity index (χ4v) is 2.41. The SMILES string of the molecule is CC(NCC(C)(C)S(C)(=O)=O)c1ccc(Cl)cc1Cl. The van der Waals surface area contributed by atoms with Crippen LogP contribution in [0.15, 0.2) is 18.2 Å². The van der Waals surface area contributed by atoms with Crippen molar-refractivity contribution in [2.75, 3.05) is 12.8 Å². The molecule has 1 N–H and O–H groups in total. The Morgan fingerprint density at radius 1 is 1.32 bits per heavy atom. The van der Waals surface area contributed by atoms with Gasteiger partial charge in [0, 0.05) is 28.9 Å². The zero-order valence-corrected chi connectivity index (χ0v) is 13.8. The molecule has 1 aromatic rings. The monoisotopic (exact) mass is 323 g/mol. The average molecular weight is 324 g/mol. The van der Waals surface area contributed by atoms with Crippen molar-refractivity contribution in [3.8, 4) is 0 Å². The summed E-state index contributed by atoms with van der Waals surface area (Å²) in [5.74, 6) is 0. The lowest BCUT2D eigenvalue weighted by molar-refractivity contribution is 0.489. The molecule has 1 unspecified atom stereocenters. The Labute approximate surface area is 125 Å². The highest BCUT2D eigenvalue weighted by Crippen LogP contribution is 2.26. The first kappa shape index (κ1) is 16.8. The molecule has 6 heteroatoms. The van der Waals surface area contributed by atoms with Gasteiger partial charge in [-0.1, -0.05) is 29.3 Å². The summed E-state index contributed by atoms with van der Waals surface area (Å²) in [6.07, 6.45) is 1.24. The predicted molar refractivity (Wildman–Crippen MR) is 81.8 cm³/mol. The molecule has 0 spiro atoms. The van der Waals surface area contributed by atoms with Gasteiger partial charge in [0.2, 0.25) is 0 Å². The predicted octanol–water partition coefficient (Wildman–Crippen LogP) is 3.47. The molecule has 1 atom stereocenters. The molecule has 1 rings (SSSR count). The van der Waals surface area contributed by atoms with Gasteiger partial charge in [-0.15, -0.1) is 0 Å². The van der Waals surface area contributed by atoms with E-state index in [-0.39, 0.29) is 6.04 Å². The summed E-state index contributed by atoms with van der Waals surface area (Å²) in [5, 5.41) is 4.35. The van der Waals surface area contributed by atoms with Gasteiger partial charge in [0.1, 0.15) is 0 Å². The number of hydrogen-bond donors (Lipinski definition) is 1. The van der Waals surface area contributed by atoms with Gasteiger partial charge >= 0.3 is 0 Å². The third-order valence-corrected chi connectivity index (χ3v) is 5.98. The van der Waals surface area contributed by atoms with Gasteiger partial charge in [-0.25, -0.2) is 8.42 Å². The topological polar surface area (TPSA) is 46.2 Å². The first-order valence-corrected chi connectivity index (χ1v) is 8.57. The van der Waals surface area contributed by atoms with Crippen LogP contribution in [0, 0.1) is 0 Å². The van der Waals surface area contributed by atoms with Gasteiger partial charge in [-0.3, -0.25) is 0 Å². The third kappa shape index (κ3) is 4.35. The molecular formula is C13H19Cl2NO2S. The number of sulfone groups is 1. The van der Waals surface area contributed by atoms with Crippen LogP contribution in [0.5, 0.6) is 0 Å². The van der Waals surface area contributed by atoms with Crippen LogP contribution < -0.4 is 5.32 Å². The highest BCUT2D eigenvalue weighted by atomic mass is 35.5. The van der Waals surface area contributed by atoms with Crippen LogP contribution >= 0.6 is 23.2 Å². The zero-order chi connectivity index (χ0) is 14.8. The Kier molecular flexibility index (Phi) is 5.29. The first-order chi connectivity index (χ1) is 8.54. The summed E-state index contributed by atoms with van der Waals surface area (Å²) in [6, 6.07) is 5.24. The van der Waals surface area contributed by atoms with Crippen molar-refractivity contribution < 1.29 is 8.42 Å². The number of halogens is 2. The van der Waals surface area contributed by atoms with Crippen LogP contribution in [0.1, 0.15) is 32.4 Å². The Morgan fingerprint density at radius 3 is 2.37 bits per heavy atom. The van der Waals surface area contributed by atoms with Crippen LogP contribution in [0.4, 0.5) is 0 Å². The third-order valence-electron chi connectivity index (χ3n) is 3.27. The van der Waals surface area contributed by atoms with E-state index in [9.17, 15) is 8.42 Å². The summed E-state index contributed by atoms with van der Waals surface area (Å²) >= 11 is 12.0. The van der Waals surface area contributed by atoms with Gasteiger partial charge in [-0.05, 0) is 38.5 Å². The molecular weight excluding hydrogens is 305 g/mol. The molecule has 0 aliphatic heterocycles. The molecule has 0 heterocycles. The van der Waals surface area contributed by atoms with Crippen LogP contribution in [0.25, 0.3) is 0 Å². The summed E-state index contributed by atoms with van der Waals surface area (Å²) in [5.41, 5.74) is 0.898. The molecule has 0 bridgehead atoms. The number of rotatable bonds is 5. The highest BCUT2D eigenvalue weighted by Gasteiger charge is 2.30. The lowest BCUT2D eigenvalue weighted by Crippen LogP contribution is -2.42. The molecule has 0 fully saturated rings. The Hall–Kier alpha value is -0.290. The van der Waals surface area contributed by atoms with E-state index in [0.717, 1.165) is 5.56 Å². The van der Waals surface area contributed by atoms with Crippen molar-refractivity contribution in [3.63, 3.8) is 0 Å². The second-order valence-corrected chi connectivity index (χ2v) is 8.79. The zero-order valence-electron chi connectivity index (χ0n) is 11.5. The number of benzene rings is 1. The average Bonchev–Trinajstić information content (AvgIpc) is 2.24. The summed E-state index contributed by atoms with van der Waals surface area (Å²) in [4.78, 5) is 0. The maximum atomic E-state index is 11.6. The normalized spacial score (nSPS) is 14.4. The van der Waals surface area contributed by atoms with Crippen molar-refractivity contribution in [1.29, 1.82) is 0 Å². The fourth-order valence-electron chi connectivity index (χ4n) is 1.49. The molecule has 0 saturated carbocycles. The summed E-state index contributed by atoms with van der Waals surface area (Å²) in [6.45, 7) is 5.69. The summed E-state index contributed by atoms with van der Waals surface area (Å²) in [7, 11) is -3.11. The minimum atomic E-state index is -3.11. The maximum Gasteiger partial charge on any atom is 0.153 e.